The molecule has 0 aromatic heterocycles. The Morgan fingerprint density at radius 2 is 1.70 bits per heavy atom. The number of hydrogen-bond acceptors (Lipinski definition) is 3. The van der Waals surface area contributed by atoms with Crippen molar-refractivity contribution in [3.63, 3.8) is 0 Å². The molecule has 0 bridgehead atoms. The maximum Gasteiger partial charge on any atom is 0.243 e. The Morgan fingerprint density at radius 1 is 0.957 bits per heavy atom. The average molecular weight is 326 g/mol. The first-order chi connectivity index (χ1) is 11.0. The van der Waals surface area contributed by atoms with E-state index in [0.29, 0.717) is 12.2 Å². The van der Waals surface area contributed by atoms with Crippen molar-refractivity contribution in [3.8, 4) is 0 Å². The second-order valence-corrected chi connectivity index (χ2v) is 7.52. The molecule has 118 valence electrons. The van der Waals surface area contributed by atoms with Crippen LogP contribution >= 0.6 is 0 Å². The van der Waals surface area contributed by atoms with Crippen LogP contribution in [0.2, 0.25) is 0 Å². The smallest absolute Gasteiger partial charge is 0.243 e. The summed E-state index contributed by atoms with van der Waals surface area (Å²) in [5, 5.41) is 1.68. The summed E-state index contributed by atoms with van der Waals surface area (Å²) < 4.78 is 26.9. The van der Waals surface area contributed by atoms with E-state index in [1.807, 2.05) is 42.5 Å². The molecular formula is C18H18N2O2S. The number of anilines is 1. The summed E-state index contributed by atoms with van der Waals surface area (Å²) in [5.74, 6) is 0. The third-order valence-corrected chi connectivity index (χ3v) is 5.64. The van der Waals surface area contributed by atoms with Crippen molar-refractivity contribution >= 4 is 26.5 Å². The van der Waals surface area contributed by atoms with E-state index in [1.54, 1.807) is 31.3 Å². The zero-order chi connectivity index (χ0) is 16.4. The number of sulfonamides is 1. The molecule has 5 heteroatoms. The molecule has 0 atom stereocenters. The molecule has 3 rings (SSSR count). The molecule has 0 saturated carbocycles. The lowest BCUT2D eigenvalue weighted by atomic mass is 10.1. The Labute approximate surface area is 136 Å². The maximum atomic E-state index is 12.8. The van der Waals surface area contributed by atoms with E-state index in [2.05, 4.69) is 0 Å². The van der Waals surface area contributed by atoms with E-state index in [4.69, 9.17) is 5.73 Å². The van der Waals surface area contributed by atoms with Gasteiger partial charge < -0.3 is 5.73 Å². The zero-order valence-corrected chi connectivity index (χ0v) is 13.6. The number of rotatable bonds is 4. The van der Waals surface area contributed by atoms with E-state index in [9.17, 15) is 8.42 Å². The quantitative estimate of drug-likeness (QED) is 0.749. The monoisotopic (exact) mass is 326 g/mol. The molecule has 3 aromatic rings. The van der Waals surface area contributed by atoms with Gasteiger partial charge in [0.25, 0.3) is 0 Å². The molecule has 23 heavy (non-hydrogen) atoms. The predicted octanol–water partition coefficient (Wildman–Crippen LogP) is 3.24. The molecule has 0 radical (unpaired) electrons. The van der Waals surface area contributed by atoms with Crippen molar-refractivity contribution in [2.75, 3.05) is 12.8 Å². The molecule has 4 nitrogen and oxygen atoms in total. The Kier molecular flexibility index (Phi) is 4.07. The summed E-state index contributed by atoms with van der Waals surface area (Å²) in [6.07, 6.45) is 0. The first-order valence-electron chi connectivity index (χ1n) is 7.27. The number of nitrogens with zero attached hydrogens (tertiary/aromatic N) is 1. The van der Waals surface area contributed by atoms with Crippen LogP contribution in [-0.2, 0) is 16.6 Å². The van der Waals surface area contributed by atoms with E-state index in [0.717, 1.165) is 16.3 Å². The van der Waals surface area contributed by atoms with Gasteiger partial charge in [-0.2, -0.15) is 4.31 Å². The van der Waals surface area contributed by atoms with Gasteiger partial charge in [0.15, 0.2) is 0 Å². The van der Waals surface area contributed by atoms with E-state index >= 15 is 0 Å². The largest absolute Gasteiger partial charge is 0.398 e. The van der Waals surface area contributed by atoms with Crippen LogP contribution in [0.4, 0.5) is 5.69 Å². The first kappa shape index (κ1) is 15.5. The van der Waals surface area contributed by atoms with Crippen molar-refractivity contribution < 1.29 is 8.42 Å². The second-order valence-electron chi connectivity index (χ2n) is 5.48. The van der Waals surface area contributed by atoms with Crippen LogP contribution in [0.15, 0.2) is 71.6 Å². The van der Waals surface area contributed by atoms with Crippen LogP contribution in [0, 0.1) is 0 Å². The van der Waals surface area contributed by atoms with E-state index < -0.39 is 10.0 Å². The van der Waals surface area contributed by atoms with Gasteiger partial charge in [0.05, 0.1) is 4.90 Å². The van der Waals surface area contributed by atoms with Gasteiger partial charge >= 0.3 is 0 Å². The van der Waals surface area contributed by atoms with Crippen LogP contribution in [0.5, 0.6) is 0 Å². The minimum Gasteiger partial charge on any atom is -0.398 e. The molecule has 0 aliphatic heterocycles. The van der Waals surface area contributed by atoms with Gasteiger partial charge in [-0.25, -0.2) is 8.42 Å². The molecule has 0 heterocycles. The van der Waals surface area contributed by atoms with Crippen LogP contribution in [0.1, 0.15) is 5.56 Å². The van der Waals surface area contributed by atoms with Crippen molar-refractivity contribution in [2.45, 2.75) is 11.4 Å². The number of hydrogen-bond donors (Lipinski definition) is 1. The summed E-state index contributed by atoms with van der Waals surface area (Å²) in [7, 11) is -1.96. The Hall–Kier alpha value is -2.37. The highest BCUT2D eigenvalue weighted by molar-refractivity contribution is 7.89. The average Bonchev–Trinajstić information content (AvgIpc) is 2.55. The normalized spacial score (nSPS) is 11.9. The van der Waals surface area contributed by atoms with E-state index in [-0.39, 0.29) is 4.90 Å². The number of nitrogens with two attached hydrogens (primary N) is 1. The summed E-state index contributed by atoms with van der Waals surface area (Å²) in [6, 6.07) is 20.0. The Morgan fingerprint density at radius 3 is 2.43 bits per heavy atom. The minimum atomic E-state index is -3.55. The molecule has 0 spiro atoms. The fourth-order valence-corrected chi connectivity index (χ4v) is 3.75. The maximum absolute atomic E-state index is 12.8. The molecule has 0 fully saturated rings. The fraction of sp³-hybridized carbons (Fsp3) is 0.111. The van der Waals surface area contributed by atoms with Crippen molar-refractivity contribution in [2.24, 2.45) is 0 Å². The number of benzene rings is 3. The lowest BCUT2D eigenvalue weighted by molar-refractivity contribution is 0.467. The van der Waals surface area contributed by atoms with Gasteiger partial charge in [-0.1, -0.05) is 48.5 Å². The van der Waals surface area contributed by atoms with Crippen LogP contribution in [0.25, 0.3) is 10.8 Å². The summed E-state index contributed by atoms with van der Waals surface area (Å²) in [5.41, 5.74) is 7.51. The van der Waals surface area contributed by atoms with Crippen LogP contribution in [0.3, 0.4) is 0 Å². The van der Waals surface area contributed by atoms with Crippen molar-refractivity contribution in [3.05, 3.63) is 72.3 Å². The minimum absolute atomic E-state index is 0.272. The molecule has 0 saturated heterocycles. The number of fused-ring (bicyclic) bond motifs is 1. The summed E-state index contributed by atoms with van der Waals surface area (Å²) in [6.45, 7) is 0.331. The third kappa shape index (κ3) is 3.06. The Bertz CT molecular complexity index is 938. The summed E-state index contributed by atoms with van der Waals surface area (Å²) >= 11 is 0. The molecule has 3 aromatic carbocycles. The lowest BCUT2D eigenvalue weighted by Gasteiger charge is -2.18. The number of nitrogen functional groups attached to an aromatic ring is 1. The SMILES string of the molecule is CN(Cc1ccccc1)S(=O)(=O)c1ccc2c(N)cccc2c1. The zero-order valence-electron chi connectivity index (χ0n) is 12.8. The third-order valence-electron chi connectivity index (χ3n) is 3.84. The highest BCUT2D eigenvalue weighted by atomic mass is 32.2. The van der Waals surface area contributed by atoms with E-state index in [1.165, 1.54) is 4.31 Å². The fourth-order valence-electron chi connectivity index (χ4n) is 2.55. The van der Waals surface area contributed by atoms with Gasteiger partial charge in [0.2, 0.25) is 10.0 Å². The molecule has 2 N–H and O–H groups in total. The van der Waals surface area contributed by atoms with Gasteiger partial charge in [0, 0.05) is 24.7 Å². The standard InChI is InChI=1S/C18H18N2O2S/c1-20(13-14-6-3-2-4-7-14)23(21,22)16-10-11-17-15(12-16)8-5-9-18(17)19/h2-12H,13,19H2,1H3. The van der Waals surface area contributed by atoms with Gasteiger partial charge in [-0.05, 0) is 29.1 Å². The molecule has 0 unspecified atom stereocenters. The van der Waals surface area contributed by atoms with Crippen molar-refractivity contribution in [1.82, 2.24) is 4.31 Å². The highest BCUT2D eigenvalue weighted by Crippen LogP contribution is 2.25. The van der Waals surface area contributed by atoms with Gasteiger partial charge in [-0.3, -0.25) is 0 Å². The van der Waals surface area contributed by atoms with Gasteiger partial charge in [0.1, 0.15) is 0 Å². The van der Waals surface area contributed by atoms with Crippen LogP contribution in [-0.4, -0.2) is 19.8 Å². The molecular weight excluding hydrogens is 308 g/mol. The molecule has 0 aliphatic rings. The van der Waals surface area contributed by atoms with Crippen molar-refractivity contribution in [1.29, 1.82) is 0 Å². The first-order valence-corrected chi connectivity index (χ1v) is 8.71. The predicted molar refractivity (Wildman–Crippen MR) is 93.5 cm³/mol. The topological polar surface area (TPSA) is 63.4 Å². The Balaban J connectivity index is 1.96. The van der Waals surface area contributed by atoms with Gasteiger partial charge in [-0.15, -0.1) is 0 Å². The second kappa shape index (κ2) is 6.02. The lowest BCUT2D eigenvalue weighted by Crippen LogP contribution is -2.26. The molecule has 0 aliphatic carbocycles. The highest BCUT2D eigenvalue weighted by Gasteiger charge is 2.21. The molecule has 0 amide bonds. The van der Waals surface area contributed by atoms with Crippen LogP contribution < -0.4 is 5.73 Å². The summed E-state index contributed by atoms with van der Waals surface area (Å²) in [4.78, 5) is 0.272.